The second-order valence-corrected chi connectivity index (χ2v) is 7.41. The molecule has 1 N–H and O–H groups in total. The van der Waals surface area contributed by atoms with Crippen LogP contribution in [0.25, 0.3) is 0 Å². The topological polar surface area (TPSA) is 72.5 Å². The van der Waals surface area contributed by atoms with Crippen LogP contribution in [0.1, 0.15) is 17.3 Å². The fourth-order valence-corrected chi connectivity index (χ4v) is 3.77. The summed E-state index contributed by atoms with van der Waals surface area (Å²) < 4.78 is 54.9. The van der Waals surface area contributed by atoms with E-state index in [4.69, 9.17) is 15.4 Å². The highest BCUT2D eigenvalue weighted by atomic mass is 79.9. The highest BCUT2D eigenvalue weighted by Gasteiger charge is 2.29. The van der Waals surface area contributed by atoms with Gasteiger partial charge in [-0.25, -0.2) is 17.2 Å². The quantitative estimate of drug-likeness (QED) is 0.762. The Morgan fingerprint density at radius 3 is 2.57 bits per heavy atom. The molecule has 1 rings (SSSR count). The molecular formula is C11H11BrClF2NO4S. The van der Waals surface area contributed by atoms with Crippen molar-refractivity contribution in [3.05, 3.63) is 27.7 Å². The van der Waals surface area contributed by atoms with E-state index < -0.39 is 41.5 Å². The van der Waals surface area contributed by atoms with E-state index in [1.807, 2.05) is 0 Å². The number of ether oxygens (including phenoxy) is 1. The molecule has 10 heteroatoms. The largest absolute Gasteiger partial charge is 0.380 e. The zero-order chi connectivity index (χ0) is 16.4. The van der Waals surface area contributed by atoms with Crippen LogP contribution in [-0.4, -0.2) is 34.1 Å². The monoisotopic (exact) mass is 405 g/mol. The van der Waals surface area contributed by atoms with Crippen molar-refractivity contribution < 1.29 is 26.7 Å². The van der Waals surface area contributed by atoms with E-state index in [9.17, 15) is 22.0 Å². The summed E-state index contributed by atoms with van der Waals surface area (Å²) in [4.78, 5) is 10.8. The van der Waals surface area contributed by atoms with E-state index in [0.29, 0.717) is 6.07 Å². The highest BCUT2D eigenvalue weighted by Crippen LogP contribution is 2.31. The third-order valence-electron chi connectivity index (χ3n) is 2.55. The van der Waals surface area contributed by atoms with Crippen LogP contribution in [0.5, 0.6) is 0 Å². The molecular weight excluding hydrogens is 396 g/mol. The maximum Gasteiger partial charge on any atom is 0.265 e. The number of amides is 1. The molecule has 1 aromatic rings. The van der Waals surface area contributed by atoms with Gasteiger partial charge in [0.2, 0.25) is 0 Å². The fourth-order valence-electron chi connectivity index (χ4n) is 1.41. The Morgan fingerprint density at radius 1 is 1.52 bits per heavy atom. The predicted molar refractivity (Wildman–Crippen MR) is 75.9 cm³/mol. The fraction of sp³-hybridized carbons (Fsp3) is 0.364. The van der Waals surface area contributed by atoms with Crippen LogP contribution in [0.15, 0.2) is 15.4 Å². The number of benzene rings is 1. The van der Waals surface area contributed by atoms with Crippen molar-refractivity contribution in [2.75, 3.05) is 13.7 Å². The summed E-state index contributed by atoms with van der Waals surface area (Å²) in [6, 6.07) is 0.660. The summed E-state index contributed by atoms with van der Waals surface area (Å²) in [5, 5.41) is 2.23. The van der Waals surface area contributed by atoms with E-state index in [1.54, 1.807) is 6.92 Å². The summed E-state index contributed by atoms with van der Waals surface area (Å²) in [5.41, 5.74) is -1.03. The number of carbonyl (C=O) groups excluding carboxylic acids is 1. The minimum atomic E-state index is -4.49. The number of halogens is 4. The van der Waals surface area contributed by atoms with Crippen LogP contribution in [0.3, 0.4) is 0 Å². The lowest BCUT2D eigenvalue weighted by molar-refractivity contribution is 0.0862. The predicted octanol–water partition coefficient (Wildman–Crippen LogP) is 2.42. The summed E-state index contributed by atoms with van der Waals surface area (Å²) in [7, 11) is 1.98. The van der Waals surface area contributed by atoms with E-state index in [-0.39, 0.29) is 12.6 Å². The van der Waals surface area contributed by atoms with E-state index in [0.717, 1.165) is 0 Å². The first kappa shape index (κ1) is 18.3. The second-order valence-electron chi connectivity index (χ2n) is 4.05. The lowest BCUT2D eigenvalue weighted by Gasteiger charge is -2.13. The second kappa shape index (κ2) is 6.99. The van der Waals surface area contributed by atoms with Gasteiger partial charge in [0.05, 0.1) is 6.10 Å². The number of hydrogen-bond donors (Lipinski definition) is 1. The Labute approximate surface area is 133 Å². The van der Waals surface area contributed by atoms with Gasteiger partial charge >= 0.3 is 0 Å². The lowest BCUT2D eigenvalue weighted by atomic mass is 10.2. The van der Waals surface area contributed by atoms with Crippen molar-refractivity contribution in [1.82, 2.24) is 5.32 Å². The first-order valence-corrected chi connectivity index (χ1v) is 8.63. The Hall–Kier alpha value is -0.770. The number of carbonyl (C=O) groups is 1. The van der Waals surface area contributed by atoms with Crippen LogP contribution in [-0.2, 0) is 13.8 Å². The van der Waals surface area contributed by atoms with Crippen molar-refractivity contribution >= 4 is 41.6 Å². The smallest absolute Gasteiger partial charge is 0.265 e. The summed E-state index contributed by atoms with van der Waals surface area (Å²) in [6.07, 6.45) is -0.383. The summed E-state index contributed by atoms with van der Waals surface area (Å²) in [6.45, 7) is 1.62. The van der Waals surface area contributed by atoms with Gasteiger partial charge in [-0.3, -0.25) is 4.79 Å². The van der Waals surface area contributed by atoms with Crippen LogP contribution in [0.4, 0.5) is 8.78 Å². The molecule has 1 unspecified atom stereocenters. The summed E-state index contributed by atoms with van der Waals surface area (Å²) in [5.74, 6) is -3.88. The molecule has 0 fully saturated rings. The van der Waals surface area contributed by atoms with Gasteiger partial charge in [0, 0.05) is 28.8 Å². The Bertz CT molecular complexity index is 669. The Morgan fingerprint density at radius 2 is 2.10 bits per heavy atom. The molecule has 5 nitrogen and oxygen atoms in total. The van der Waals surface area contributed by atoms with Crippen molar-refractivity contribution in [2.24, 2.45) is 0 Å². The molecule has 0 spiro atoms. The molecule has 0 saturated carbocycles. The molecule has 1 aromatic carbocycles. The highest BCUT2D eigenvalue weighted by molar-refractivity contribution is 9.10. The van der Waals surface area contributed by atoms with E-state index >= 15 is 0 Å². The Kier molecular flexibility index (Phi) is 6.09. The van der Waals surface area contributed by atoms with E-state index in [1.165, 1.54) is 7.11 Å². The van der Waals surface area contributed by atoms with Gasteiger partial charge in [-0.15, -0.1) is 0 Å². The van der Waals surface area contributed by atoms with Gasteiger partial charge in [-0.2, -0.15) is 0 Å². The van der Waals surface area contributed by atoms with Crippen LogP contribution < -0.4 is 5.32 Å². The van der Waals surface area contributed by atoms with E-state index in [2.05, 4.69) is 21.2 Å². The molecule has 0 saturated heterocycles. The van der Waals surface area contributed by atoms with Gasteiger partial charge in [0.1, 0.15) is 16.3 Å². The SMILES string of the molecule is COC(C)CNC(=O)c1c(F)cc(Br)c(S(=O)(=O)Cl)c1F. The average Bonchev–Trinajstić information content (AvgIpc) is 2.33. The van der Waals surface area contributed by atoms with Crippen molar-refractivity contribution in [2.45, 2.75) is 17.9 Å². The molecule has 0 aliphatic carbocycles. The van der Waals surface area contributed by atoms with Crippen LogP contribution in [0, 0.1) is 11.6 Å². The van der Waals surface area contributed by atoms with Crippen molar-refractivity contribution in [3.8, 4) is 0 Å². The van der Waals surface area contributed by atoms with Crippen molar-refractivity contribution in [1.29, 1.82) is 0 Å². The molecule has 0 aliphatic heterocycles. The maximum atomic E-state index is 14.1. The van der Waals surface area contributed by atoms with Crippen LogP contribution in [0.2, 0.25) is 0 Å². The number of nitrogens with one attached hydrogen (secondary N) is 1. The molecule has 0 aromatic heterocycles. The Balaban J connectivity index is 3.28. The van der Waals surface area contributed by atoms with Gasteiger partial charge in [0.25, 0.3) is 15.0 Å². The van der Waals surface area contributed by atoms with Gasteiger partial charge < -0.3 is 10.1 Å². The average molecular weight is 407 g/mol. The number of hydrogen-bond acceptors (Lipinski definition) is 4. The first-order valence-electron chi connectivity index (χ1n) is 5.52. The normalized spacial score (nSPS) is 13.0. The third kappa shape index (κ3) is 4.35. The minimum Gasteiger partial charge on any atom is -0.380 e. The lowest BCUT2D eigenvalue weighted by Crippen LogP contribution is -2.33. The van der Waals surface area contributed by atoms with Gasteiger partial charge in [-0.05, 0) is 28.9 Å². The zero-order valence-corrected chi connectivity index (χ0v) is 14.1. The number of rotatable bonds is 5. The third-order valence-corrected chi connectivity index (χ3v) is 4.79. The molecule has 118 valence electrons. The van der Waals surface area contributed by atoms with Crippen LogP contribution >= 0.6 is 26.6 Å². The molecule has 1 amide bonds. The molecule has 21 heavy (non-hydrogen) atoms. The minimum absolute atomic E-state index is 0.00671. The maximum absolute atomic E-state index is 14.1. The van der Waals surface area contributed by atoms with Gasteiger partial charge in [0.15, 0.2) is 5.82 Å². The number of methoxy groups -OCH3 is 1. The first-order chi connectivity index (χ1) is 9.59. The molecule has 0 heterocycles. The molecule has 0 bridgehead atoms. The molecule has 0 aliphatic rings. The standard InChI is InChI=1S/C11H11BrClF2NO4S/c1-5(20-2)4-16-11(17)8-7(14)3-6(12)10(9(8)15)21(13,18)19/h3,5H,4H2,1-2H3,(H,16,17). The van der Waals surface area contributed by atoms with Crippen molar-refractivity contribution in [3.63, 3.8) is 0 Å². The molecule has 1 atom stereocenters. The summed E-state index contributed by atoms with van der Waals surface area (Å²) >= 11 is 2.70. The van der Waals surface area contributed by atoms with Gasteiger partial charge in [-0.1, -0.05) is 0 Å². The molecule has 0 radical (unpaired) electrons. The zero-order valence-electron chi connectivity index (χ0n) is 10.9.